The Kier molecular flexibility index (Phi) is 4.55. The number of carbonyl (C=O) groups excluding carboxylic acids is 2. The summed E-state index contributed by atoms with van der Waals surface area (Å²) in [6.07, 6.45) is 0.873. The van der Waals surface area contributed by atoms with Gasteiger partial charge in [0.15, 0.2) is 0 Å². The van der Waals surface area contributed by atoms with Crippen molar-refractivity contribution in [3.05, 3.63) is 0 Å². The van der Waals surface area contributed by atoms with Gasteiger partial charge in [0.2, 0.25) is 5.91 Å². The molecule has 1 aliphatic heterocycles. The lowest BCUT2D eigenvalue weighted by Gasteiger charge is -2.13. The second kappa shape index (κ2) is 5.70. The average molecular weight is 214 g/mol. The molecule has 0 aromatic carbocycles. The summed E-state index contributed by atoms with van der Waals surface area (Å²) in [4.78, 5) is 22.6. The molecule has 1 heterocycles. The first kappa shape index (κ1) is 12.0. The van der Waals surface area contributed by atoms with Crippen molar-refractivity contribution in [2.24, 2.45) is 11.8 Å². The van der Waals surface area contributed by atoms with E-state index in [1.807, 2.05) is 0 Å². The number of hydrogen-bond donors (Lipinski definition) is 2. The van der Waals surface area contributed by atoms with Crippen LogP contribution >= 0.6 is 0 Å². The van der Waals surface area contributed by atoms with Crippen molar-refractivity contribution in [2.45, 2.75) is 13.3 Å². The monoisotopic (exact) mass is 214 g/mol. The van der Waals surface area contributed by atoms with Crippen LogP contribution in [0.25, 0.3) is 0 Å². The summed E-state index contributed by atoms with van der Waals surface area (Å²) < 4.78 is 4.57. The Morgan fingerprint density at radius 2 is 2.33 bits per heavy atom. The normalized spacial score (nSPS) is 22.1. The van der Waals surface area contributed by atoms with Crippen LogP contribution in [0.1, 0.15) is 13.3 Å². The van der Waals surface area contributed by atoms with Gasteiger partial charge in [0.1, 0.15) is 0 Å². The van der Waals surface area contributed by atoms with Gasteiger partial charge in [-0.1, -0.05) is 6.92 Å². The molecule has 1 aliphatic rings. The zero-order valence-corrected chi connectivity index (χ0v) is 9.21. The van der Waals surface area contributed by atoms with Gasteiger partial charge < -0.3 is 15.4 Å². The van der Waals surface area contributed by atoms with Gasteiger partial charge in [0.05, 0.1) is 18.9 Å². The fourth-order valence-corrected chi connectivity index (χ4v) is 1.56. The fourth-order valence-electron chi connectivity index (χ4n) is 1.56. The molecule has 0 radical (unpaired) electrons. The molecule has 1 rings (SSSR count). The minimum atomic E-state index is -0.292. The molecule has 86 valence electrons. The van der Waals surface area contributed by atoms with E-state index in [4.69, 9.17) is 0 Å². The van der Waals surface area contributed by atoms with Crippen molar-refractivity contribution >= 4 is 11.9 Å². The van der Waals surface area contributed by atoms with Crippen molar-refractivity contribution in [3.63, 3.8) is 0 Å². The van der Waals surface area contributed by atoms with Crippen LogP contribution in [0.5, 0.6) is 0 Å². The number of amides is 1. The molecule has 5 heteroatoms. The van der Waals surface area contributed by atoms with Gasteiger partial charge in [0.25, 0.3) is 0 Å². The van der Waals surface area contributed by atoms with Crippen LogP contribution in [0.3, 0.4) is 0 Å². The van der Waals surface area contributed by atoms with Crippen LogP contribution in [-0.2, 0) is 14.3 Å². The largest absolute Gasteiger partial charge is 0.469 e. The Hall–Kier alpha value is -1.10. The predicted molar refractivity (Wildman–Crippen MR) is 55.2 cm³/mol. The van der Waals surface area contributed by atoms with Gasteiger partial charge in [-0.25, -0.2) is 0 Å². The minimum absolute atomic E-state index is 0.0238. The van der Waals surface area contributed by atoms with Crippen molar-refractivity contribution < 1.29 is 14.3 Å². The van der Waals surface area contributed by atoms with Crippen LogP contribution in [0.15, 0.2) is 0 Å². The molecule has 0 bridgehead atoms. The molecule has 1 saturated heterocycles. The molecule has 0 aromatic rings. The van der Waals surface area contributed by atoms with E-state index in [1.165, 1.54) is 7.11 Å². The number of hydrogen-bond acceptors (Lipinski definition) is 4. The first-order valence-electron chi connectivity index (χ1n) is 5.21. The lowest BCUT2D eigenvalue weighted by Crippen LogP contribution is -2.36. The quantitative estimate of drug-likeness (QED) is 0.620. The highest BCUT2D eigenvalue weighted by Gasteiger charge is 2.23. The number of nitrogens with one attached hydrogen (secondary N) is 2. The Morgan fingerprint density at radius 1 is 1.60 bits per heavy atom. The van der Waals surface area contributed by atoms with Crippen molar-refractivity contribution in [1.82, 2.24) is 10.6 Å². The topological polar surface area (TPSA) is 67.4 Å². The lowest BCUT2D eigenvalue weighted by atomic mass is 10.1. The summed E-state index contributed by atoms with van der Waals surface area (Å²) in [6, 6.07) is 0. The van der Waals surface area contributed by atoms with Crippen LogP contribution in [-0.4, -0.2) is 38.6 Å². The zero-order chi connectivity index (χ0) is 11.3. The van der Waals surface area contributed by atoms with Gasteiger partial charge in [-0.05, 0) is 13.0 Å². The number of ether oxygens (including phenoxy) is 1. The molecular weight excluding hydrogens is 196 g/mol. The van der Waals surface area contributed by atoms with E-state index >= 15 is 0 Å². The standard InChI is InChI=1S/C10H18N2O3/c1-7(10(14)15-2)5-12-9(13)8-3-4-11-6-8/h7-8,11H,3-6H2,1-2H3,(H,12,13)/t7?,8-/m0/s1. The Labute approximate surface area is 89.6 Å². The van der Waals surface area contributed by atoms with Crippen LogP contribution < -0.4 is 10.6 Å². The molecule has 1 fully saturated rings. The smallest absolute Gasteiger partial charge is 0.310 e. The number of methoxy groups -OCH3 is 1. The second-order valence-electron chi connectivity index (χ2n) is 3.86. The summed E-state index contributed by atoms with van der Waals surface area (Å²) in [6.45, 7) is 3.71. The maximum absolute atomic E-state index is 11.6. The van der Waals surface area contributed by atoms with Crippen molar-refractivity contribution in [2.75, 3.05) is 26.7 Å². The van der Waals surface area contributed by atoms with Gasteiger partial charge in [-0.2, -0.15) is 0 Å². The molecule has 0 aromatic heterocycles. The molecule has 5 nitrogen and oxygen atoms in total. The van der Waals surface area contributed by atoms with E-state index in [2.05, 4.69) is 15.4 Å². The van der Waals surface area contributed by atoms with Crippen molar-refractivity contribution in [3.8, 4) is 0 Å². The second-order valence-corrected chi connectivity index (χ2v) is 3.86. The summed E-state index contributed by atoms with van der Waals surface area (Å²) in [5.74, 6) is -0.501. The number of carbonyl (C=O) groups is 2. The first-order chi connectivity index (χ1) is 7.15. The maximum Gasteiger partial charge on any atom is 0.310 e. The lowest BCUT2D eigenvalue weighted by molar-refractivity contribution is -0.144. The highest BCUT2D eigenvalue weighted by Crippen LogP contribution is 2.07. The third-order valence-corrected chi connectivity index (χ3v) is 2.62. The summed E-state index contributed by atoms with van der Waals surface area (Å²) in [5, 5.41) is 5.88. The van der Waals surface area contributed by atoms with Crippen LogP contribution in [0.4, 0.5) is 0 Å². The van der Waals surface area contributed by atoms with Gasteiger partial charge in [-0.3, -0.25) is 9.59 Å². The molecule has 1 unspecified atom stereocenters. The number of rotatable bonds is 4. The van der Waals surface area contributed by atoms with E-state index in [-0.39, 0.29) is 23.7 Å². The van der Waals surface area contributed by atoms with Crippen molar-refractivity contribution in [1.29, 1.82) is 0 Å². The zero-order valence-electron chi connectivity index (χ0n) is 9.21. The summed E-state index contributed by atoms with van der Waals surface area (Å²) in [7, 11) is 1.35. The van der Waals surface area contributed by atoms with Gasteiger partial charge in [0, 0.05) is 13.1 Å². The third-order valence-electron chi connectivity index (χ3n) is 2.62. The molecule has 2 N–H and O–H groups in total. The fraction of sp³-hybridized carbons (Fsp3) is 0.800. The molecule has 2 atom stereocenters. The van der Waals surface area contributed by atoms with Gasteiger partial charge >= 0.3 is 5.97 Å². The number of esters is 1. The molecular formula is C10H18N2O3. The van der Waals surface area contributed by atoms with E-state index in [0.717, 1.165) is 19.5 Å². The molecule has 0 spiro atoms. The van der Waals surface area contributed by atoms with Crippen LogP contribution in [0.2, 0.25) is 0 Å². The molecule has 0 aliphatic carbocycles. The predicted octanol–water partition coefficient (Wildman–Crippen LogP) is -0.479. The summed E-state index contributed by atoms with van der Waals surface area (Å²) in [5.41, 5.74) is 0. The summed E-state index contributed by atoms with van der Waals surface area (Å²) >= 11 is 0. The van der Waals surface area contributed by atoms with E-state index in [9.17, 15) is 9.59 Å². The Morgan fingerprint density at radius 3 is 2.87 bits per heavy atom. The van der Waals surface area contributed by atoms with E-state index < -0.39 is 0 Å². The highest BCUT2D eigenvalue weighted by atomic mass is 16.5. The molecule has 1 amide bonds. The third kappa shape index (κ3) is 3.51. The minimum Gasteiger partial charge on any atom is -0.469 e. The highest BCUT2D eigenvalue weighted by molar-refractivity contribution is 5.80. The maximum atomic E-state index is 11.6. The molecule has 0 saturated carbocycles. The van der Waals surface area contributed by atoms with Gasteiger partial charge in [-0.15, -0.1) is 0 Å². The van der Waals surface area contributed by atoms with E-state index in [1.54, 1.807) is 6.92 Å². The average Bonchev–Trinajstić information content (AvgIpc) is 2.77. The Bertz CT molecular complexity index is 237. The Balaban J connectivity index is 2.24. The molecule has 15 heavy (non-hydrogen) atoms. The van der Waals surface area contributed by atoms with E-state index in [0.29, 0.717) is 6.54 Å². The SMILES string of the molecule is COC(=O)C(C)CNC(=O)[C@H]1CCNC1. The first-order valence-corrected chi connectivity index (χ1v) is 5.21. The van der Waals surface area contributed by atoms with Crippen LogP contribution in [0, 0.1) is 11.8 Å².